The number of hydrogen-bond acceptors (Lipinski definition) is 4. The van der Waals surface area contributed by atoms with E-state index in [1.807, 2.05) is 38.2 Å². The summed E-state index contributed by atoms with van der Waals surface area (Å²) in [6, 6.07) is 7.69. The van der Waals surface area contributed by atoms with Crippen LogP contribution in [0, 0.1) is 6.92 Å². The monoisotopic (exact) mass is 260 g/mol. The minimum Gasteiger partial charge on any atom is -0.421 e. The Hall–Kier alpha value is -1.88. The Morgan fingerprint density at radius 3 is 2.89 bits per heavy atom. The Morgan fingerprint density at radius 2 is 2.21 bits per heavy atom. The van der Waals surface area contributed by atoms with Crippen molar-refractivity contribution < 1.29 is 4.74 Å². The lowest BCUT2D eigenvalue weighted by atomic mass is 10.3. The van der Waals surface area contributed by atoms with Crippen LogP contribution in [0.5, 0.6) is 11.8 Å². The van der Waals surface area contributed by atoms with Crippen LogP contribution in [0.2, 0.25) is 0 Å². The quantitative estimate of drug-likeness (QED) is 0.810. The molecule has 0 bridgehead atoms. The van der Waals surface area contributed by atoms with Crippen molar-refractivity contribution in [2.45, 2.75) is 26.8 Å². The molecular weight excluding hydrogens is 240 g/mol. The normalized spacial score (nSPS) is 10.7. The molecule has 0 atom stereocenters. The lowest BCUT2D eigenvalue weighted by Gasteiger charge is -2.07. The first kappa shape index (κ1) is 13.5. The predicted molar refractivity (Wildman–Crippen MR) is 74.3 cm³/mol. The van der Waals surface area contributed by atoms with E-state index in [0.717, 1.165) is 30.9 Å². The van der Waals surface area contributed by atoms with Gasteiger partial charge in [-0.25, -0.2) is 9.67 Å². The number of pyridine rings is 1. The second-order valence-electron chi connectivity index (χ2n) is 4.49. The van der Waals surface area contributed by atoms with Gasteiger partial charge in [-0.3, -0.25) is 0 Å². The molecular formula is C14H20N4O. The first-order chi connectivity index (χ1) is 9.19. The van der Waals surface area contributed by atoms with Crippen LogP contribution >= 0.6 is 0 Å². The lowest BCUT2D eigenvalue weighted by molar-refractivity contribution is 0.413. The summed E-state index contributed by atoms with van der Waals surface area (Å²) in [4.78, 5) is 4.46. The van der Waals surface area contributed by atoms with Crippen LogP contribution in [0.15, 0.2) is 24.3 Å². The molecule has 0 radical (unpaired) electrons. The van der Waals surface area contributed by atoms with Gasteiger partial charge in [-0.05, 0) is 26.0 Å². The molecule has 5 heteroatoms. The van der Waals surface area contributed by atoms with Crippen molar-refractivity contribution in [2.75, 3.05) is 6.54 Å². The van der Waals surface area contributed by atoms with Gasteiger partial charge in [0.1, 0.15) is 0 Å². The third-order valence-electron chi connectivity index (χ3n) is 2.68. The molecule has 2 rings (SSSR count). The van der Waals surface area contributed by atoms with Crippen molar-refractivity contribution in [3.05, 3.63) is 35.7 Å². The van der Waals surface area contributed by atoms with E-state index in [-0.39, 0.29) is 0 Å². The maximum Gasteiger partial charge on any atom is 0.221 e. The fourth-order valence-electron chi connectivity index (χ4n) is 1.80. The number of ether oxygens (including phenoxy) is 1. The summed E-state index contributed by atoms with van der Waals surface area (Å²) < 4.78 is 7.45. The van der Waals surface area contributed by atoms with E-state index in [1.54, 1.807) is 4.68 Å². The molecule has 2 aromatic heterocycles. The van der Waals surface area contributed by atoms with Gasteiger partial charge < -0.3 is 10.1 Å². The minimum atomic E-state index is 0.596. The summed E-state index contributed by atoms with van der Waals surface area (Å²) >= 11 is 0. The number of nitrogens with zero attached hydrogens (tertiary/aromatic N) is 3. The van der Waals surface area contributed by atoms with E-state index in [1.165, 1.54) is 0 Å². The van der Waals surface area contributed by atoms with Crippen molar-refractivity contribution in [3.8, 4) is 11.8 Å². The summed E-state index contributed by atoms with van der Waals surface area (Å²) in [7, 11) is 1.86. The smallest absolute Gasteiger partial charge is 0.221 e. The van der Waals surface area contributed by atoms with Crippen molar-refractivity contribution in [1.29, 1.82) is 0 Å². The Kier molecular flexibility index (Phi) is 4.52. The molecule has 0 aromatic carbocycles. The van der Waals surface area contributed by atoms with Gasteiger partial charge in [0.2, 0.25) is 11.8 Å². The van der Waals surface area contributed by atoms with Gasteiger partial charge >= 0.3 is 0 Å². The summed E-state index contributed by atoms with van der Waals surface area (Å²) in [5.74, 6) is 1.29. The van der Waals surface area contributed by atoms with Gasteiger partial charge in [-0.1, -0.05) is 13.0 Å². The maximum absolute atomic E-state index is 5.74. The number of rotatable bonds is 6. The van der Waals surface area contributed by atoms with Crippen LogP contribution in [0.1, 0.15) is 24.7 Å². The number of aromatic nitrogens is 3. The average Bonchev–Trinajstić information content (AvgIpc) is 2.69. The van der Waals surface area contributed by atoms with E-state index >= 15 is 0 Å². The molecule has 0 saturated carbocycles. The molecule has 102 valence electrons. The molecule has 0 aliphatic carbocycles. The fraction of sp³-hybridized carbons (Fsp3) is 0.429. The minimum absolute atomic E-state index is 0.596. The molecule has 0 saturated heterocycles. The number of aryl methyl sites for hydroxylation is 2. The van der Waals surface area contributed by atoms with E-state index < -0.39 is 0 Å². The first-order valence-electron chi connectivity index (χ1n) is 6.54. The second-order valence-corrected chi connectivity index (χ2v) is 4.49. The molecule has 0 unspecified atom stereocenters. The molecule has 19 heavy (non-hydrogen) atoms. The fourth-order valence-corrected chi connectivity index (χ4v) is 1.80. The standard InChI is InChI=1S/C14H20N4O/c1-4-8-15-10-12-6-5-7-13(16-12)19-14-9-11(2)17-18(14)3/h5-7,9,15H,4,8,10H2,1-3H3. The van der Waals surface area contributed by atoms with Crippen LogP contribution in [0.4, 0.5) is 0 Å². The number of nitrogens with one attached hydrogen (secondary N) is 1. The van der Waals surface area contributed by atoms with E-state index in [0.29, 0.717) is 11.8 Å². The van der Waals surface area contributed by atoms with Gasteiger partial charge in [0.15, 0.2) is 0 Å². The molecule has 0 fully saturated rings. The highest BCUT2D eigenvalue weighted by Gasteiger charge is 2.06. The molecule has 2 heterocycles. The van der Waals surface area contributed by atoms with Crippen molar-refractivity contribution in [3.63, 3.8) is 0 Å². The van der Waals surface area contributed by atoms with Gasteiger partial charge in [-0.2, -0.15) is 5.10 Å². The van der Waals surface area contributed by atoms with E-state index in [4.69, 9.17) is 4.74 Å². The SMILES string of the molecule is CCCNCc1cccc(Oc2cc(C)nn2C)n1. The van der Waals surface area contributed by atoms with Crippen molar-refractivity contribution >= 4 is 0 Å². The van der Waals surface area contributed by atoms with Crippen LogP contribution < -0.4 is 10.1 Å². The highest BCUT2D eigenvalue weighted by atomic mass is 16.5. The van der Waals surface area contributed by atoms with Crippen LogP contribution in [0.3, 0.4) is 0 Å². The van der Waals surface area contributed by atoms with Crippen LogP contribution in [-0.2, 0) is 13.6 Å². The van der Waals surface area contributed by atoms with Crippen LogP contribution in [-0.4, -0.2) is 21.3 Å². The largest absolute Gasteiger partial charge is 0.421 e. The highest BCUT2D eigenvalue weighted by molar-refractivity contribution is 5.23. The van der Waals surface area contributed by atoms with Crippen LogP contribution in [0.25, 0.3) is 0 Å². The van der Waals surface area contributed by atoms with Gasteiger partial charge in [0, 0.05) is 25.7 Å². The maximum atomic E-state index is 5.74. The zero-order valence-corrected chi connectivity index (χ0v) is 11.7. The average molecular weight is 260 g/mol. The predicted octanol–water partition coefficient (Wildman–Crippen LogP) is 2.42. The molecule has 0 spiro atoms. The highest BCUT2D eigenvalue weighted by Crippen LogP contribution is 2.19. The Labute approximate surface area is 113 Å². The Balaban J connectivity index is 2.04. The van der Waals surface area contributed by atoms with E-state index in [9.17, 15) is 0 Å². The molecule has 0 aliphatic rings. The van der Waals surface area contributed by atoms with Gasteiger partial charge in [-0.15, -0.1) is 0 Å². The van der Waals surface area contributed by atoms with E-state index in [2.05, 4.69) is 22.3 Å². The van der Waals surface area contributed by atoms with Gasteiger partial charge in [0.25, 0.3) is 0 Å². The first-order valence-corrected chi connectivity index (χ1v) is 6.54. The summed E-state index contributed by atoms with van der Waals surface area (Å²) in [6.45, 7) is 5.83. The van der Waals surface area contributed by atoms with Crippen molar-refractivity contribution in [1.82, 2.24) is 20.1 Å². The topological polar surface area (TPSA) is 52.0 Å². The third-order valence-corrected chi connectivity index (χ3v) is 2.68. The summed E-state index contributed by atoms with van der Waals surface area (Å²) in [5, 5.41) is 7.56. The number of hydrogen-bond donors (Lipinski definition) is 1. The van der Waals surface area contributed by atoms with Crippen molar-refractivity contribution in [2.24, 2.45) is 7.05 Å². The second kappa shape index (κ2) is 6.33. The summed E-state index contributed by atoms with van der Waals surface area (Å²) in [6.07, 6.45) is 1.12. The molecule has 0 amide bonds. The third kappa shape index (κ3) is 3.79. The van der Waals surface area contributed by atoms with Gasteiger partial charge in [0.05, 0.1) is 11.4 Å². The molecule has 0 aliphatic heterocycles. The molecule has 5 nitrogen and oxygen atoms in total. The molecule has 2 aromatic rings. The zero-order valence-electron chi connectivity index (χ0n) is 11.7. The Bertz CT molecular complexity index is 536. The zero-order chi connectivity index (χ0) is 13.7. The lowest BCUT2D eigenvalue weighted by Crippen LogP contribution is -2.14. The Morgan fingerprint density at radius 1 is 1.37 bits per heavy atom. The summed E-state index contributed by atoms with van der Waals surface area (Å²) in [5.41, 5.74) is 1.91. The molecule has 1 N–H and O–H groups in total.